The van der Waals surface area contributed by atoms with Crippen molar-refractivity contribution in [1.82, 2.24) is 21.0 Å². The number of nitrogens with zero attached hydrogens (tertiary/aromatic N) is 2. The van der Waals surface area contributed by atoms with Gasteiger partial charge in [-0.05, 0) is 149 Å². The largest absolute Gasteiger partial charge is 0.356 e. The van der Waals surface area contributed by atoms with Crippen molar-refractivity contribution < 1.29 is 72.5 Å². The molecule has 0 saturated carbocycles. The van der Waals surface area contributed by atoms with E-state index < -0.39 is 70.8 Å². The zero-order chi connectivity index (χ0) is 60.6. The monoisotopic (exact) mass is 1210 g/mol. The number of hydrogen-bond acceptors (Lipinski definition) is 14. The third-order valence-electron chi connectivity index (χ3n) is 16.0. The van der Waals surface area contributed by atoms with Crippen LogP contribution in [-0.2, 0) is 81.2 Å². The summed E-state index contributed by atoms with van der Waals surface area (Å²) in [5.41, 5.74) is 2.84. The zero-order valence-corrected chi connectivity index (χ0v) is 50.2. The standard InChI is InChI=1S/C59H81N5O16S3/c1-58(2)44-20-9-5-10-22-51-59(3,48-41-46(83(77,78)79)30-31-50(48)63(51)37-18-38-81(71,72)73)34-15-6-12-23-52(65)60-35-17-14-21-49(57(70)61-36-16-7-13-25-56(69)80-64-54(67)32-33-55(64)68)62-53(66)24-11-4-8-19-42(26-28-44)39-43-27-29-45(40-47(43)58)82(74,75)76/h5,9-10,20,22,27-31,40-42,49H,4,6-8,11-19,21,23-26,32-39H2,1-3H3,(H,60,65)(H,61,70)(H,62,66)(H,71,72,73)(H,74,75,76)(H,77,78,79)/b10-5+,20-9+,44-28?,51-22-. The number of carbonyl (C=O) groups excluding carboxylic acids is 6. The highest BCUT2D eigenvalue weighted by Crippen LogP contribution is 2.51. The van der Waals surface area contributed by atoms with Gasteiger partial charge in [-0.3, -0.25) is 37.6 Å². The quantitative estimate of drug-likeness (QED) is 0.0593. The fraction of sp³-hybridized carbons (Fsp3) is 0.559. The minimum Gasteiger partial charge on any atom is -0.356 e. The summed E-state index contributed by atoms with van der Waals surface area (Å²) in [6.45, 7) is 6.67. The molecule has 6 rings (SSSR count). The summed E-state index contributed by atoms with van der Waals surface area (Å²) in [6, 6.07) is 8.13. The molecular weight excluding hydrogens is 1130 g/mol. The molecule has 2 aromatic rings. The number of carbonyl (C=O) groups is 6. The van der Waals surface area contributed by atoms with Crippen LogP contribution >= 0.6 is 0 Å². The summed E-state index contributed by atoms with van der Waals surface area (Å²) in [6.07, 6.45) is 21.0. The molecule has 5 amide bonds. The fourth-order valence-electron chi connectivity index (χ4n) is 11.4. The van der Waals surface area contributed by atoms with Gasteiger partial charge in [0.1, 0.15) is 6.04 Å². The van der Waals surface area contributed by atoms with Gasteiger partial charge in [-0.1, -0.05) is 82.4 Å². The lowest BCUT2D eigenvalue weighted by atomic mass is 9.71. The number of fused-ring (bicyclic) bond motifs is 6. The lowest BCUT2D eigenvalue weighted by molar-refractivity contribution is -0.197. The predicted molar refractivity (Wildman–Crippen MR) is 311 cm³/mol. The van der Waals surface area contributed by atoms with Gasteiger partial charge in [-0.2, -0.15) is 25.3 Å². The van der Waals surface area contributed by atoms with Crippen LogP contribution < -0.4 is 20.9 Å². The van der Waals surface area contributed by atoms with E-state index in [0.717, 1.165) is 36.0 Å². The molecule has 0 aromatic heterocycles. The molecule has 1 fully saturated rings. The third kappa shape index (κ3) is 19.2. The second kappa shape index (κ2) is 29.7. The summed E-state index contributed by atoms with van der Waals surface area (Å²) in [5, 5.41) is 9.27. The minimum atomic E-state index is -4.63. The molecule has 1 aliphatic carbocycles. The molecular formula is C59H81N5O16S3. The van der Waals surface area contributed by atoms with Crippen molar-refractivity contribution >= 4 is 71.5 Å². The highest BCUT2D eigenvalue weighted by molar-refractivity contribution is 7.86. The first kappa shape index (κ1) is 66.1. The molecule has 0 radical (unpaired) electrons. The molecule has 83 heavy (non-hydrogen) atoms. The van der Waals surface area contributed by atoms with Crippen LogP contribution in [0.25, 0.3) is 0 Å². The first-order valence-electron chi connectivity index (χ1n) is 28.8. The molecule has 2 bridgehead atoms. The Morgan fingerprint density at radius 1 is 0.723 bits per heavy atom. The third-order valence-corrected chi connectivity index (χ3v) is 18.5. The zero-order valence-electron chi connectivity index (χ0n) is 47.7. The highest BCUT2D eigenvalue weighted by Gasteiger charge is 2.44. The van der Waals surface area contributed by atoms with E-state index >= 15 is 0 Å². The van der Waals surface area contributed by atoms with Crippen LogP contribution in [0.1, 0.15) is 172 Å². The van der Waals surface area contributed by atoms with Crippen molar-refractivity contribution in [3.05, 3.63) is 101 Å². The molecule has 3 atom stereocenters. The molecule has 1 saturated heterocycles. The van der Waals surface area contributed by atoms with Gasteiger partial charge >= 0.3 is 5.97 Å². The molecule has 4 aliphatic rings. The minimum absolute atomic E-state index is 0.00336. The summed E-state index contributed by atoms with van der Waals surface area (Å²) in [4.78, 5) is 82.1. The first-order chi connectivity index (χ1) is 39.2. The molecule has 3 heterocycles. The lowest BCUT2D eigenvalue weighted by Gasteiger charge is -2.33. The van der Waals surface area contributed by atoms with Gasteiger partial charge in [0, 0.05) is 74.0 Å². The van der Waals surface area contributed by atoms with Gasteiger partial charge in [0.15, 0.2) is 0 Å². The van der Waals surface area contributed by atoms with Gasteiger partial charge in [0.05, 0.1) is 15.5 Å². The van der Waals surface area contributed by atoms with Crippen LogP contribution in [0, 0.1) is 5.92 Å². The Balaban J connectivity index is 1.22. The van der Waals surface area contributed by atoms with Crippen LogP contribution in [0.3, 0.4) is 0 Å². The second-order valence-corrected chi connectivity index (χ2v) is 27.1. The summed E-state index contributed by atoms with van der Waals surface area (Å²) >= 11 is 0. The number of imide groups is 1. The maximum Gasteiger partial charge on any atom is 0.333 e. The van der Waals surface area contributed by atoms with E-state index in [1.165, 1.54) is 24.3 Å². The number of amides is 5. The molecule has 21 nitrogen and oxygen atoms in total. The predicted octanol–water partition coefficient (Wildman–Crippen LogP) is 7.97. The van der Waals surface area contributed by atoms with Crippen LogP contribution in [-0.4, -0.2) is 111 Å². The van der Waals surface area contributed by atoms with E-state index in [2.05, 4.69) is 22.0 Å². The number of nitrogens with one attached hydrogen (secondary N) is 3. The van der Waals surface area contributed by atoms with Crippen LogP contribution in [0.5, 0.6) is 0 Å². The Kier molecular flexibility index (Phi) is 23.6. The molecule has 3 unspecified atom stereocenters. The molecule has 456 valence electrons. The van der Waals surface area contributed by atoms with Crippen LogP contribution in [0.4, 0.5) is 5.69 Å². The number of unbranched alkanes of at least 4 members (excludes halogenated alkanes) is 2. The van der Waals surface area contributed by atoms with Gasteiger partial charge in [0.2, 0.25) is 17.7 Å². The van der Waals surface area contributed by atoms with Gasteiger partial charge < -0.3 is 25.7 Å². The summed E-state index contributed by atoms with van der Waals surface area (Å²) < 4.78 is 104. The smallest absolute Gasteiger partial charge is 0.333 e. The number of benzene rings is 2. The van der Waals surface area contributed by atoms with Crippen molar-refractivity contribution in [3.63, 3.8) is 0 Å². The number of hydroxylamine groups is 2. The lowest BCUT2D eigenvalue weighted by Crippen LogP contribution is -2.47. The summed E-state index contributed by atoms with van der Waals surface area (Å²) in [7, 11) is -13.5. The van der Waals surface area contributed by atoms with Gasteiger partial charge in [-0.15, -0.1) is 5.06 Å². The Hall–Kier alpha value is -6.05. The fourth-order valence-corrected chi connectivity index (χ4v) is 12.9. The maximum atomic E-state index is 13.6. The van der Waals surface area contributed by atoms with E-state index in [4.69, 9.17) is 4.84 Å². The number of rotatable bonds is 14. The molecule has 24 heteroatoms. The highest BCUT2D eigenvalue weighted by atomic mass is 32.2. The maximum absolute atomic E-state index is 13.6. The molecule has 6 N–H and O–H groups in total. The SMILES string of the molecule is CC1(C)C2=CCC(CCCCCC(=O)NC(C(=O)NCCCCCC(=O)ON3C(=O)CCC3=O)CCCCNC(=O)CCCCCC3(C)/C(=C/C=C/C=C/2)N(CCCS(=O)(=O)O)c2ccc(S(=O)(=O)O)cc23)Cc2ccc(S(=O)(=O)O)cc21. The Bertz CT molecular complexity index is 3170. The topological polar surface area (TPSA) is 317 Å². The van der Waals surface area contributed by atoms with E-state index in [-0.39, 0.29) is 85.0 Å². The van der Waals surface area contributed by atoms with Crippen LogP contribution in [0.2, 0.25) is 0 Å². The van der Waals surface area contributed by atoms with E-state index in [1.807, 2.05) is 56.1 Å². The van der Waals surface area contributed by atoms with Crippen LogP contribution in [0.15, 0.2) is 93.9 Å². The number of allylic oxidation sites excluding steroid dienone is 8. The van der Waals surface area contributed by atoms with Crippen molar-refractivity contribution in [1.29, 1.82) is 0 Å². The van der Waals surface area contributed by atoms with Crippen molar-refractivity contribution in [2.45, 2.75) is 189 Å². The number of anilines is 1. The van der Waals surface area contributed by atoms with Crippen molar-refractivity contribution in [3.8, 4) is 0 Å². The number of hydrogen-bond donors (Lipinski definition) is 6. The Morgan fingerprint density at radius 2 is 1.39 bits per heavy atom. The normalized spacial score (nSPS) is 23.6. The molecule has 0 spiro atoms. The molecule has 2 aromatic carbocycles. The average molecular weight is 1210 g/mol. The average Bonchev–Trinajstić information content (AvgIpc) is 1.88. The first-order valence-corrected chi connectivity index (χ1v) is 33.3. The van der Waals surface area contributed by atoms with Crippen molar-refractivity contribution in [2.24, 2.45) is 5.92 Å². The van der Waals surface area contributed by atoms with Crippen molar-refractivity contribution in [2.75, 3.05) is 30.3 Å². The molecule has 3 aliphatic heterocycles. The van der Waals surface area contributed by atoms with E-state index in [1.54, 1.807) is 12.1 Å². The van der Waals surface area contributed by atoms with Gasteiger partial charge in [0.25, 0.3) is 42.2 Å². The van der Waals surface area contributed by atoms with Gasteiger partial charge in [-0.25, -0.2) is 4.79 Å². The summed E-state index contributed by atoms with van der Waals surface area (Å²) in [5.74, 6) is -3.01. The van der Waals surface area contributed by atoms with E-state index in [0.29, 0.717) is 112 Å². The Morgan fingerprint density at radius 3 is 2.08 bits per heavy atom. The second-order valence-electron chi connectivity index (χ2n) is 22.7. The Labute approximate surface area is 488 Å². The van der Waals surface area contributed by atoms with E-state index in [9.17, 15) is 67.7 Å².